The highest BCUT2D eigenvalue weighted by Gasteiger charge is 2.18. The van der Waals surface area contributed by atoms with E-state index in [1.807, 2.05) is 31.2 Å². The molecule has 5 heteroatoms. The van der Waals surface area contributed by atoms with Gasteiger partial charge in [0, 0.05) is 6.61 Å². The number of carbonyl (C=O) groups is 1. The molecule has 2 aromatic carbocycles. The summed E-state index contributed by atoms with van der Waals surface area (Å²) in [5, 5.41) is 3.35. The van der Waals surface area contributed by atoms with Crippen LogP contribution in [0, 0.1) is 6.92 Å². The largest absolute Gasteiger partial charge is 0.490 e. The van der Waals surface area contributed by atoms with Gasteiger partial charge in [-0.25, -0.2) is 0 Å². The number of carbonyl (C=O) groups excluding carboxylic acids is 1. The second kappa shape index (κ2) is 7.69. The third-order valence-electron chi connectivity index (χ3n) is 3.95. The van der Waals surface area contributed by atoms with E-state index in [2.05, 4.69) is 5.32 Å². The average Bonchev–Trinajstić information content (AvgIpc) is 3.09. The highest BCUT2D eigenvalue weighted by Crippen LogP contribution is 2.26. The molecule has 0 unspecified atom stereocenters. The Morgan fingerprint density at radius 1 is 1.33 bits per heavy atom. The molecule has 0 spiro atoms. The molecule has 1 N–H and O–H groups in total. The van der Waals surface area contributed by atoms with E-state index in [1.54, 1.807) is 18.2 Å². The molecule has 24 heavy (non-hydrogen) atoms. The summed E-state index contributed by atoms with van der Waals surface area (Å²) in [5.74, 6) is 0.303. The summed E-state index contributed by atoms with van der Waals surface area (Å²) >= 11 is 6.19. The van der Waals surface area contributed by atoms with Crippen LogP contribution in [-0.2, 0) is 4.74 Å². The van der Waals surface area contributed by atoms with E-state index in [1.165, 1.54) is 0 Å². The Morgan fingerprint density at radius 2 is 2.17 bits per heavy atom. The minimum absolute atomic E-state index is 0.104. The summed E-state index contributed by atoms with van der Waals surface area (Å²) < 4.78 is 11.4. The molecular formula is C19H20ClNO3. The SMILES string of the molecule is Cc1ccc(NC(=O)c2ccccc2OC[C@H]2CCCO2)c(Cl)c1. The van der Waals surface area contributed by atoms with Crippen molar-refractivity contribution in [3.05, 3.63) is 58.6 Å². The van der Waals surface area contributed by atoms with E-state index < -0.39 is 0 Å². The molecule has 1 heterocycles. The van der Waals surface area contributed by atoms with Gasteiger partial charge in [-0.2, -0.15) is 0 Å². The van der Waals surface area contributed by atoms with Crippen LogP contribution in [0.15, 0.2) is 42.5 Å². The van der Waals surface area contributed by atoms with Gasteiger partial charge in [-0.1, -0.05) is 29.8 Å². The second-order valence-corrected chi connectivity index (χ2v) is 6.29. The fourth-order valence-electron chi connectivity index (χ4n) is 2.65. The van der Waals surface area contributed by atoms with E-state index >= 15 is 0 Å². The van der Waals surface area contributed by atoms with Crippen LogP contribution in [0.25, 0.3) is 0 Å². The Balaban J connectivity index is 1.72. The van der Waals surface area contributed by atoms with E-state index in [0.717, 1.165) is 25.0 Å². The molecule has 1 aliphatic heterocycles. The van der Waals surface area contributed by atoms with Gasteiger partial charge in [0.1, 0.15) is 12.4 Å². The third-order valence-corrected chi connectivity index (χ3v) is 4.27. The predicted octanol–water partition coefficient (Wildman–Crippen LogP) is 4.46. The number of rotatable bonds is 5. The molecule has 0 saturated carbocycles. The summed E-state index contributed by atoms with van der Waals surface area (Å²) in [6, 6.07) is 12.7. The number of nitrogens with one attached hydrogen (secondary N) is 1. The number of hydrogen-bond donors (Lipinski definition) is 1. The Hall–Kier alpha value is -2.04. The number of hydrogen-bond acceptors (Lipinski definition) is 3. The minimum atomic E-state index is -0.247. The van der Waals surface area contributed by atoms with E-state index in [4.69, 9.17) is 21.1 Å². The topological polar surface area (TPSA) is 47.6 Å². The normalized spacial score (nSPS) is 16.8. The summed E-state index contributed by atoms with van der Waals surface area (Å²) in [6.45, 7) is 3.18. The van der Waals surface area contributed by atoms with Crippen molar-refractivity contribution in [2.24, 2.45) is 0 Å². The van der Waals surface area contributed by atoms with Gasteiger partial charge in [0.25, 0.3) is 5.91 Å². The number of para-hydroxylation sites is 1. The fourth-order valence-corrected chi connectivity index (χ4v) is 2.93. The first kappa shape index (κ1) is 16.8. The van der Waals surface area contributed by atoms with Gasteiger partial charge in [0.2, 0.25) is 0 Å². The standard InChI is InChI=1S/C19H20ClNO3/c1-13-8-9-17(16(20)11-13)21-19(22)15-6-2-3-7-18(15)24-12-14-5-4-10-23-14/h2-3,6-9,11,14H,4-5,10,12H2,1H3,(H,21,22)/t14-/m1/s1. The number of aryl methyl sites for hydroxylation is 1. The average molecular weight is 346 g/mol. The van der Waals surface area contributed by atoms with Gasteiger partial charge < -0.3 is 14.8 Å². The molecule has 1 amide bonds. The van der Waals surface area contributed by atoms with Crippen LogP contribution < -0.4 is 10.1 Å². The summed E-state index contributed by atoms with van der Waals surface area (Å²) in [4.78, 5) is 12.6. The number of halogens is 1. The smallest absolute Gasteiger partial charge is 0.259 e. The predicted molar refractivity (Wildman–Crippen MR) is 95.1 cm³/mol. The van der Waals surface area contributed by atoms with Crippen molar-refractivity contribution in [2.45, 2.75) is 25.9 Å². The number of anilines is 1. The van der Waals surface area contributed by atoms with Gasteiger partial charge in [-0.05, 0) is 49.6 Å². The minimum Gasteiger partial charge on any atom is -0.490 e. The molecule has 1 aliphatic rings. The molecule has 3 rings (SSSR count). The molecule has 0 aromatic heterocycles. The van der Waals surface area contributed by atoms with Crippen LogP contribution in [0.5, 0.6) is 5.75 Å². The highest BCUT2D eigenvalue weighted by molar-refractivity contribution is 6.34. The Kier molecular flexibility index (Phi) is 5.38. The summed E-state index contributed by atoms with van der Waals surface area (Å²) in [6.07, 6.45) is 2.16. The van der Waals surface area contributed by atoms with Gasteiger partial charge in [0.15, 0.2) is 0 Å². The zero-order valence-electron chi connectivity index (χ0n) is 13.5. The first-order chi connectivity index (χ1) is 11.6. The van der Waals surface area contributed by atoms with Gasteiger partial charge >= 0.3 is 0 Å². The Bertz CT molecular complexity index is 726. The van der Waals surface area contributed by atoms with E-state index in [-0.39, 0.29) is 12.0 Å². The van der Waals surface area contributed by atoms with Crippen molar-refractivity contribution in [1.82, 2.24) is 0 Å². The first-order valence-corrected chi connectivity index (χ1v) is 8.42. The maximum Gasteiger partial charge on any atom is 0.259 e. The zero-order valence-corrected chi connectivity index (χ0v) is 14.3. The summed E-state index contributed by atoms with van der Waals surface area (Å²) in [5.41, 5.74) is 2.10. The first-order valence-electron chi connectivity index (χ1n) is 8.04. The van der Waals surface area contributed by atoms with Crippen LogP contribution in [-0.4, -0.2) is 25.2 Å². The van der Waals surface area contributed by atoms with Crippen molar-refractivity contribution < 1.29 is 14.3 Å². The Labute approximate surface area is 146 Å². The second-order valence-electron chi connectivity index (χ2n) is 5.88. The van der Waals surface area contributed by atoms with Crippen molar-refractivity contribution in [3.63, 3.8) is 0 Å². The van der Waals surface area contributed by atoms with Crippen molar-refractivity contribution in [2.75, 3.05) is 18.5 Å². The molecule has 126 valence electrons. The van der Waals surface area contributed by atoms with Gasteiger partial charge in [-0.3, -0.25) is 4.79 Å². The maximum absolute atomic E-state index is 12.6. The molecule has 1 fully saturated rings. The molecule has 1 saturated heterocycles. The van der Waals surface area contributed by atoms with Crippen LogP contribution in [0.4, 0.5) is 5.69 Å². The molecule has 0 aliphatic carbocycles. The third kappa shape index (κ3) is 4.08. The maximum atomic E-state index is 12.6. The lowest BCUT2D eigenvalue weighted by atomic mass is 10.1. The fraction of sp³-hybridized carbons (Fsp3) is 0.316. The van der Waals surface area contributed by atoms with Crippen LogP contribution in [0.1, 0.15) is 28.8 Å². The van der Waals surface area contributed by atoms with Crippen LogP contribution >= 0.6 is 11.6 Å². The molecule has 4 nitrogen and oxygen atoms in total. The summed E-state index contributed by atoms with van der Waals surface area (Å²) in [7, 11) is 0. The van der Waals surface area contributed by atoms with Crippen molar-refractivity contribution in [3.8, 4) is 5.75 Å². The number of amides is 1. The van der Waals surface area contributed by atoms with Gasteiger partial charge in [0.05, 0.1) is 22.4 Å². The molecular weight excluding hydrogens is 326 g/mol. The molecule has 0 bridgehead atoms. The Morgan fingerprint density at radius 3 is 2.92 bits per heavy atom. The lowest BCUT2D eigenvalue weighted by molar-refractivity contribution is 0.0673. The zero-order chi connectivity index (χ0) is 16.9. The van der Waals surface area contributed by atoms with Crippen molar-refractivity contribution >= 4 is 23.2 Å². The van der Waals surface area contributed by atoms with E-state index in [0.29, 0.717) is 28.6 Å². The van der Waals surface area contributed by atoms with Crippen LogP contribution in [0.3, 0.4) is 0 Å². The van der Waals surface area contributed by atoms with Gasteiger partial charge in [-0.15, -0.1) is 0 Å². The number of benzene rings is 2. The highest BCUT2D eigenvalue weighted by atomic mass is 35.5. The van der Waals surface area contributed by atoms with E-state index in [9.17, 15) is 4.79 Å². The monoisotopic (exact) mass is 345 g/mol. The van der Waals surface area contributed by atoms with Crippen LogP contribution in [0.2, 0.25) is 5.02 Å². The molecule has 0 radical (unpaired) electrons. The van der Waals surface area contributed by atoms with Crippen molar-refractivity contribution in [1.29, 1.82) is 0 Å². The number of ether oxygens (including phenoxy) is 2. The lowest BCUT2D eigenvalue weighted by Crippen LogP contribution is -2.19. The molecule has 1 atom stereocenters. The quantitative estimate of drug-likeness (QED) is 0.870. The lowest BCUT2D eigenvalue weighted by Gasteiger charge is -2.15. The molecule has 2 aromatic rings.